The lowest BCUT2D eigenvalue weighted by Gasteiger charge is -2.22. The number of nitrogens with one attached hydrogen (secondary N) is 1. The molecule has 1 saturated heterocycles. The molecule has 2 aliphatic rings. The zero-order chi connectivity index (χ0) is 21.4. The number of aliphatic hydroxyl groups excluding tert-OH is 1. The molecule has 0 amide bonds. The van der Waals surface area contributed by atoms with Crippen molar-refractivity contribution in [3.63, 3.8) is 0 Å². The highest BCUT2D eigenvalue weighted by molar-refractivity contribution is 5.96. The normalized spacial score (nSPS) is 22.3. The molecule has 1 saturated carbocycles. The highest BCUT2D eigenvalue weighted by Crippen LogP contribution is 2.32. The van der Waals surface area contributed by atoms with E-state index in [1.165, 1.54) is 0 Å². The van der Waals surface area contributed by atoms with E-state index in [-0.39, 0.29) is 12.1 Å². The van der Waals surface area contributed by atoms with E-state index in [1.54, 1.807) is 6.20 Å². The summed E-state index contributed by atoms with van der Waals surface area (Å²) in [6, 6.07) is 0.547. The van der Waals surface area contributed by atoms with E-state index in [0.29, 0.717) is 17.4 Å². The van der Waals surface area contributed by atoms with Gasteiger partial charge in [0.1, 0.15) is 16.9 Å². The maximum atomic E-state index is 9.90. The Kier molecular flexibility index (Phi) is 5.45. The maximum absolute atomic E-state index is 9.90. The summed E-state index contributed by atoms with van der Waals surface area (Å²) >= 11 is 0. The Hall–Kier alpha value is -2.78. The zero-order valence-electron chi connectivity index (χ0n) is 17.8. The van der Waals surface area contributed by atoms with E-state index < -0.39 is 0 Å². The second kappa shape index (κ2) is 8.39. The number of ether oxygens (including phenoxy) is 1. The third-order valence-corrected chi connectivity index (χ3v) is 6.36. The molecule has 0 aromatic carbocycles. The second-order valence-corrected chi connectivity index (χ2v) is 8.49. The van der Waals surface area contributed by atoms with Crippen LogP contribution in [0.25, 0.3) is 22.2 Å². The largest absolute Gasteiger partial charge is 0.393 e. The van der Waals surface area contributed by atoms with E-state index in [0.717, 1.165) is 79.9 Å². The Morgan fingerprint density at radius 1 is 1.16 bits per heavy atom. The molecule has 164 valence electrons. The fraction of sp³-hybridized carbons (Fsp3) is 0.545. The van der Waals surface area contributed by atoms with Gasteiger partial charge in [-0.2, -0.15) is 5.10 Å². The molecule has 4 N–H and O–H groups in total. The van der Waals surface area contributed by atoms with Crippen LogP contribution in [0.3, 0.4) is 0 Å². The zero-order valence-corrected chi connectivity index (χ0v) is 17.8. The van der Waals surface area contributed by atoms with Crippen molar-refractivity contribution < 1.29 is 9.84 Å². The number of nitrogen functional groups attached to an aromatic ring is 1. The average molecular weight is 424 g/mol. The minimum absolute atomic E-state index is 0.200. The van der Waals surface area contributed by atoms with Crippen molar-refractivity contribution in [3.05, 3.63) is 24.3 Å². The molecule has 4 heterocycles. The summed E-state index contributed by atoms with van der Waals surface area (Å²) in [6.45, 7) is 3.58. The van der Waals surface area contributed by atoms with Gasteiger partial charge in [0, 0.05) is 42.8 Å². The number of pyridine rings is 1. The number of nitrogens with two attached hydrogens (primary N) is 1. The van der Waals surface area contributed by atoms with Gasteiger partial charge in [-0.3, -0.25) is 4.68 Å². The van der Waals surface area contributed by atoms with Crippen LogP contribution in [0.1, 0.15) is 50.8 Å². The summed E-state index contributed by atoms with van der Waals surface area (Å²) in [5.74, 6) is 1.14. The van der Waals surface area contributed by atoms with Crippen LogP contribution < -0.4 is 11.1 Å². The van der Waals surface area contributed by atoms with Gasteiger partial charge in [-0.05, 0) is 38.5 Å². The molecule has 9 nitrogen and oxygen atoms in total. The topological polar surface area (TPSA) is 124 Å². The number of anilines is 2. The van der Waals surface area contributed by atoms with Crippen molar-refractivity contribution in [2.24, 2.45) is 0 Å². The van der Waals surface area contributed by atoms with E-state index in [1.807, 2.05) is 10.9 Å². The van der Waals surface area contributed by atoms with Crippen molar-refractivity contribution in [1.29, 1.82) is 0 Å². The van der Waals surface area contributed by atoms with Crippen LogP contribution in [0, 0.1) is 0 Å². The quantitative estimate of drug-likeness (QED) is 0.572. The molecule has 2 atom stereocenters. The predicted octanol–water partition coefficient (Wildman–Crippen LogP) is 2.71. The minimum Gasteiger partial charge on any atom is -0.393 e. The van der Waals surface area contributed by atoms with Crippen molar-refractivity contribution in [3.8, 4) is 11.1 Å². The lowest BCUT2D eigenvalue weighted by molar-refractivity contribution is 0.0662. The maximum Gasteiger partial charge on any atom is 0.151 e. The smallest absolute Gasteiger partial charge is 0.151 e. The SMILES string of the molecule is CCc1nc2c(N)ncc(-c3cnn(C4CCOCC4)c3)c2nc1N[C@@H]1CC[C@H](O)C1. The molecule has 0 unspecified atom stereocenters. The highest BCUT2D eigenvalue weighted by Gasteiger charge is 2.25. The van der Waals surface area contributed by atoms with E-state index in [4.69, 9.17) is 20.4 Å². The molecule has 0 radical (unpaired) electrons. The van der Waals surface area contributed by atoms with Crippen molar-refractivity contribution in [1.82, 2.24) is 24.7 Å². The number of hydrogen-bond donors (Lipinski definition) is 3. The van der Waals surface area contributed by atoms with Crippen LogP contribution in [0.15, 0.2) is 18.6 Å². The van der Waals surface area contributed by atoms with Gasteiger partial charge in [0.15, 0.2) is 5.82 Å². The number of aryl methyl sites for hydroxylation is 1. The average Bonchev–Trinajstić information content (AvgIpc) is 3.44. The Labute approximate surface area is 181 Å². The molecule has 31 heavy (non-hydrogen) atoms. The molecular weight excluding hydrogens is 394 g/mol. The van der Waals surface area contributed by atoms with Crippen LogP contribution in [0.4, 0.5) is 11.6 Å². The molecular formula is C22H29N7O2. The van der Waals surface area contributed by atoms with Gasteiger partial charge in [-0.1, -0.05) is 6.92 Å². The Morgan fingerprint density at radius 2 is 2.00 bits per heavy atom. The van der Waals surface area contributed by atoms with Crippen LogP contribution in [-0.4, -0.2) is 55.2 Å². The summed E-state index contributed by atoms with van der Waals surface area (Å²) in [5.41, 5.74) is 10.2. The first kappa shape index (κ1) is 20.1. The molecule has 3 aromatic rings. The molecule has 5 rings (SSSR count). The van der Waals surface area contributed by atoms with Crippen LogP contribution in [0.2, 0.25) is 0 Å². The first-order chi connectivity index (χ1) is 15.1. The summed E-state index contributed by atoms with van der Waals surface area (Å²) in [5, 5.41) is 18.0. The first-order valence-electron chi connectivity index (χ1n) is 11.1. The van der Waals surface area contributed by atoms with Gasteiger partial charge in [0.05, 0.1) is 24.0 Å². The lowest BCUT2D eigenvalue weighted by Crippen LogP contribution is -2.19. The fourth-order valence-electron chi connectivity index (χ4n) is 4.57. The molecule has 0 spiro atoms. The number of aliphatic hydroxyl groups is 1. The van der Waals surface area contributed by atoms with Crippen molar-refractivity contribution in [2.75, 3.05) is 24.3 Å². The molecule has 0 bridgehead atoms. The van der Waals surface area contributed by atoms with Gasteiger partial charge in [-0.25, -0.2) is 15.0 Å². The Morgan fingerprint density at radius 3 is 2.74 bits per heavy atom. The van der Waals surface area contributed by atoms with Crippen molar-refractivity contribution in [2.45, 2.75) is 63.6 Å². The first-order valence-corrected chi connectivity index (χ1v) is 11.1. The molecule has 1 aliphatic heterocycles. The molecule has 2 fully saturated rings. The summed E-state index contributed by atoms with van der Waals surface area (Å²) in [6.07, 6.45) is 10.5. The summed E-state index contributed by atoms with van der Waals surface area (Å²) < 4.78 is 7.49. The fourth-order valence-corrected chi connectivity index (χ4v) is 4.57. The van der Waals surface area contributed by atoms with Gasteiger partial charge < -0.3 is 20.9 Å². The highest BCUT2D eigenvalue weighted by atomic mass is 16.5. The Bertz CT molecular complexity index is 1080. The third kappa shape index (κ3) is 3.95. The van der Waals surface area contributed by atoms with E-state index in [9.17, 15) is 5.11 Å². The number of fused-ring (bicyclic) bond motifs is 1. The molecule has 9 heteroatoms. The number of nitrogens with zero attached hydrogens (tertiary/aromatic N) is 5. The van der Waals surface area contributed by atoms with Crippen LogP contribution in [-0.2, 0) is 11.2 Å². The van der Waals surface area contributed by atoms with E-state index in [2.05, 4.69) is 28.5 Å². The van der Waals surface area contributed by atoms with Crippen LogP contribution in [0.5, 0.6) is 0 Å². The summed E-state index contributed by atoms with van der Waals surface area (Å²) in [7, 11) is 0. The number of rotatable bonds is 5. The number of aromatic nitrogens is 5. The third-order valence-electron chi connectivity index (χ3n) is 6.36. The minimum atomic E-state index is -0.248. The lowest BCUT2D eigenvalue weighted by atomic mass is 10.1. The standard InChI is InChI=1S/C22H29N7O2/c1-2-18-22(26-14-3-4-16(30)9-14)28-19-17(11-24-21(23)20(19)27-18)13-10-25-29(12-13)15-5-7-31-8-6-15/h10-12,14-16,30H,2-9H2,1H3,(H2,23,24)(H,26,28)/t14-,16+/m1/s1. The monoisotopic (exact) mass is 423 g/mol. The molecule has 3 aromatic heterocycles. The van der Waals surface area contributed by atoms with Crippen molar-refractivity contribution >= 4 is 22.7 Å². The van der Waals surface area contributed by atoms with Crippen LogP contribution >= 0.6 is 0 Å². The van der Waals surface area contributed by atoms with E-state index >= 15 is 0 Å². The predicted molar refractivity (Wildman–Crippen MR) is 119 cm³/mol. The van der Waals surface area contributed by atoms with Gasteiger partial charge in [0.2, 0.25) is 0 Å². The van der Waals surface area contributed by atoms with Gasteiger partial charge in [0.25, 0.3) is 0 Å². The summed E-state index contributed by atoms with van der Waals surface area (Å²) in [4.78, 5) is 14.2. The van der Waals surface area contributed by atoms with Gasteiger partial charge >= 0.3 is 0 Å². The number of hydrogen-bond acceptors (Lipinski definition) is 8. The second-order valence-electron chi connectivity index (χ2n) is 8.49. The molecule has 1 aliphatic carbocycles. The van der Waals surface area contributed by atoms with Gasteiger partial charge in [-0.15, -0.1) is 0 Å². The Balaban J connectivity index is 1.54.